The normalized spacial score (nSPS) is 31.1. The molecule has 0 aromatic carbocycles. The summed E-state index contributed by atoms with van der Waals surface area (Å²) in [5.74, 6) is 3.27. The third kappa shape index (κ3) is 4.36. The molecule has 2 fully saturated rings. The van der Waals surface area contributed by atoms with Gasteiger partial charge in [0, 0.05) is 12.5 Å². The highest BCUT2D eigenvalue weighted by Crippen LogP contribution is 2.26. The van der Waals surface area contributed by atoms with Gasteiger partial charge in [-0.05, 0) is 43.1 Å². The van der Waals surface area contributed by atoms with Gasteiger partial charge in [0.15, 0.2) is 0 Å². The number of halogens is 1. The molecule has 4 heteroatoms. The average Bonchev–Trinajstić information content (AvgIpc) is 2.33. The van der Waals surface area contributed by atoms with Crippen LogP contribution in [0.4, 0.5) is 0 Å². The molecule has 0 aromatic heterocycles. The first kappa shape index (κ1) is 13.5. The smallest absolute Gasteiger partial charge is 0.220 e. The van der Waals surface area contributed by atoms with E-state index in [0.29, 0.717) is 12.3 Å². The molecule has 98 valence electrons. The van der Waals surface area contributed by atoms with Gasteiger partial charge in [-0.1, -0.05) is 12.8 Å². The molecule has 1 aliphatic carbocycles. The Balaban J connectivity index is 1.72. The molecule has 1 amide bonds. The molecule has 2 nitrogen and oxygen atoms in total. The zero-order valence-corrected chi connectivity index (χ0v) is 11.9. The maximum atomic E-state index is 11.9. The lowest BCUT2D eigenvalue weighted by Gasteiger charge is -2.29. The lowest BCUT2D eigenvalue weighted by Crippen LogP contribution is -2.43. The van der Waals surface area contributed by atoms with E-state index < -0.39 is 0 Å². The van der Waals surface area contributed by atoms with E-state index in [9.17, 15) is 4.79 Å². The Bertz CT molecular complexity index is 256. The minimum Gasteiger partial charge on any atom is -0.352 e. The Hall–Kier alpha value is 0.110. The number of thioether (sulfide) groups is 1. The van der Waals surface area contributed by atoms with Gasteiger partial charge in [0.25, 0.3) is 0 Å². The number of hydrogen-bond donors (Lipinski definition) is 1. The van der Waals surface area contributed by atoms with Crippen LogP contribution in [-0.2, 0) is 4.79 Å². The maximum Gasteiger partial charge on any atom is 0.220 e. The fourth-order valence-electron chi connectivity index (χ4n) is 2.73. The summed E-state index contributed by atoms with van der Waals surface area (Å²) < 4.78 is 0. The number of nitrogens with one attached hydrogen (secondary N) is 1. The monoisotopic (exact) mass is 275 g/mol. The second kappa shape index (κ2) is 6.89. The van der Waals surface area contributed by atoms with Crippen LogP contribution in [-0.4, -0.2) is 28.8 Å². The molecule has 17 heavy (non-hydrogen) atoms. The maximum absolute atomic E-state index is 11.9. The number of carbonyl (C=O) groups is 1. The fraction of sp³-hybridized carbons (Fsp3) is 0.923. The Morgan fingerprint density at radius 3 is 2.59 bits per heavy atom. The van der Waals surface area contributed by atoms with Crippen molar-refractivity contribution >= 4 is 29.3 Å². The highest BCUT2D eigenvalue weighted by Gasteiger charge is 2.25. The zero-order valence-electron chi connectivity index (χ0n) is 10.3. The molecule has 1 saturated heterocycles. The van der Waals surface area contributed by atoms with Gasteiger partial charge in [-0.25, -0.2) is 0 Å². The summed E-state index contributed by atoms with van der Waals surface area (Å²) in [6.45, 7) is 0. The van der Waals surface area contributed by atoms with Crippen molar-refractivity contribution in [2.45, 2.75) is 56.4 Å². The summed E-state index contributed by atoms with van der Waals surface area (Å²) in [5.41, 5.74) is 0. The molecular weight excluding hydrogens is 254 g/mol. The lowest BCUT2D eigenvalue weighted by molar-refractivity contribution is -0.122. The van der Waals surface area contributed by atoms with Crippen molar-refractivity contribution in [2.75, 3.05) is 11.5 Å². The molecule has 0 aromatic rings. The van der Waals surface area contributed by atoms with Crippen molar-refractivity contribution in [3.05, 3.63) is 0 Å². The molecule has 1 heterocycles. The first-order valence-corrected chi connectivity index (χ1v) is 8.36. The van der Waals surface area contributed by atoms with Gasteiger partial charge in [0.1, 0.15) is 0 Å². The van der Waals surface area contributed by atoms with Crippen LogP contribution in [0.3, 0.4) is 0 Å². The van der Waals surface area contributed by atoms with Gasteiger partial charge in [-0.15, -0.1) is 11.6 Å². The average molecular weight is 276 g/mol. The van der Waals surface area contributed by atoms with Crippen molar-refractivity contribution in [3.8, 4) is 0 Å². The lowest BCUT2D eigenvalue weighted by atomic mass is 9.93. The topological polar surface area (TPSA) is 29.1 Å². The van der Waals surface area contributed by atoms with E-state index in [0.717, 1.165) is 12.8 Å². The number of carbonyl (C=O) groups excluding carboxylic acids is 1. The molecule has 1 aliphatic heterocycles. The third-order valence-corrected chi connectivity index (χ3v) is 5.41. The highest BCUT2D eigenvalue weighted by atomic mass is 35.5. The number of amides is 1. The molecule has 2 atom stereocenters. The molecule has 2 rings (SSSR count). The zero-order chi connectivity index (χ0) is 12.1. The molecule has 0 spiro atoms. The molecule has 2 aliphatic rings. The minimum atomic E-state index is 0.148. The number of rotatable bonds is 3. The van der Waals surface area contributed by atoms with E-state index >= 15 is 0 Å². The van der Waals surface area contributed by atoms with Crippen LogP contribution in [0.1, 0.15) is 44.9 Å². The predicted molar refractivity (Wildman–Crippen MR) is 74.7 cm³/mol. The largest absolute Gasteiger partial charge is 0.352 e. The van der Waals surface area contributed by atoms with E-state index in [-0.39, 0.29) is 17.3 Å². The van der Waals surface area contributed by atoms with E-state index in [2.05, 4.69) is 5.32 Å². The van der Waals surface area contributed by atoms with Crippen molar-refractivity contribution in [1.29, 1.82) is 0 Å². The first-order chi connectivity index (χ1) is 8.25. The highest BCUT2D eigenvalue weighted by molar-refractivity contribution is 7.99. The van der Waals surface area contributed by atoms with Gasteiger partial charge in [-0.3, -0.25) is 4.79 Å². The van der Waals surface area contributed by atoms with Gasteiger partial charge < -0.3 is 5.32 Å². The van der Waals surface area contributed by atoms with Gasteiger partial charge in [0.2, 0.25) is 5.91 Å². The van der Waals surface area contributed by atoms with Crippen LogP contribution >= 0.6 is 23.4 Å². The molecule has 1 N–H and O–H groups in total. The van der Waals surface area contributed by atoms with Crippen molar-refractivity contribution in [2.24, 2.45) is 5.92 Å². The second-order valence-electron chi connectivity index (χ2n) is 5.23. The molecular formula is C13H22ClNOS. The summed E-state index contributed by atoms with van der Waals surface area (Å²) in [6, 6.07) is 0.218. The minimum absolute atomic E-state index is 0.148. The van der Waals surface area contributed by atoms with Gasteiger partial charge in [-0.2, -0.15) is 11.8 Å². The van der Waals surface area contributed by atoms with Gasteiger partial charge in [0.05, 0.1) is 5.38 Å². The number of hydrogen-bond acceptors (Lipinski definition) is 2. The Kier molecular flexibility index (Phi) is 5.49. The summed E-state index contributed by atoms with van der Waals surface area (Å²) in [7, 11) is 0. The Morgan fingerprint density at radius 1 is 1.18 bits per heavy atom. The molecule has 0 radical (unpaired) electrons. The molecule has 0 bridgehead atoms. The Labute approximate surface area is 113 Å². The van der Waals surface area contributed by atoms with Crippen LogP contribution in [0.5, 0.6) is 0 Å². The standard InChI is InChI=1S/C13H22ClNOS/c14-11-3-1-2-4-12(11)15-13(16)9-10-5-7-17-8-6-10/h10-12H,1-9H2,(H,15,16). The van der Waals surface area contributed by atoms with Crippen LogP contribution in [0.15, 0.2) is 0 Å². The van der Waals surface area contributed by atoms with Crippen LogP contribution in [0, 0.1) is 5.92 Å². The summed E-state index contributed by atoms with van der Waals surface area (Å²) in [4.78, 5) is 11.9. The van der Waals surface area contributed by atoms with E-state index in [1.165, 1.54) is 37.2 Å². The molecule has 1 saturated carbocycles. The third-order valence-electron chi connectivity index (χ3n) is 3.84. The van der Waals surface area contributed by atoms with Crippen LogP contribution in [0.2, 0.25) is 0 Å². The van der Waals surface area contributed by atoms with Crippen LogP contribution < -0.4 is 5.32 Å². The molecule has 2 unspecified atom stereocenters. The van der Waals surface area contributed by atoms with Crippen molar-refractivity contribution in [1.82, 2.24) is 5.32 Å². The Morgan fingerprint density at radius 2 is 1.88 bits per heavy atom. The van der Waals surface area contributed by atoms with E-state index in [1.54, 1.807) is 0 Å². The van der Waals surface area contributed by atoms with Crippen molar-refractivity contribution in [3.63, 3.8) is 0 Å². The van der Waals surface area contributed by atoms with E-state index in [1.807, 2.05) is 11.8 Å². The second-order valence-corrected chi connectivity index (χ2v) is 7.02. The predicted octanol–water partition coefficient (Wildman–Crippen LogP) is 3.19. The summed E-state index contributed by atoms with van der Waals surface area (Å²) >= 11 is 8.26. The van der Waals surface area contributed by atoms with Gasteiger partial charge >= 0.3 is 0 Å². The van der Waals surface area contributed by atoms with Crippen molar-refractivity contribution < 1.29 is 4.79 Å². The van der Waals surface area contributed by atoms with E-state index in [4.69, 9.17) is 11.6 Å². The SMILES string of the molecule is O=C(CC1CCSCC1)NC1CCCCC1Cl. The van der Waals surface area contributed by atoms with Crippen LogP contribution in [0.25, 0.3) is 0 Å². The quantitative estimate of drug-likeness (QED) is 0.802. The number of alkyl halides is 1. The first-order valence-electron chi connectivity index (χ1n) is 6.77. The summed E-state index contributed by atoms with van der Waals surface area (Å²) in [5, 5.41) is 3.29. The summed E-state index contributed by atoms with van der Waals surface area (Å²) in [6.07, 6.45) is 7.63. The fourth-order valence-corrected chi connectivity index (χ4v) is 4.27.